The first kappa shape index (κ1) is 22.2. The van der Waals surface area contributed by atoms with Gasteiger partial charge in [0.1, 0.15) is 0 Å². The number of carbonyl (C=O) groups excluding carboxylic acids is 1. The summed E-state index contributed by atoms with van der Waals surface area (Å²) in [4.78, 5) is 15.0. The second kappa shape index (κ2) is 9.23. The molecule has 8 nitrogen and oxygen atoms in total. The molecular weight excluding hydrogens is 426 g/mol. The minimum Gasteiger partial charge on any atom is -0.322 e. The summed E-state index contributed by atoms with van der Waals surface area (Å²) >= 11 is 0. The number of amides is 1. The molecule has 4 rings (SSSR count). The van der Waals surface area contributed by atoms with E-state index < -0.39 is 10.0 Å². The molecule has 1 aliphatic heterocycles. The predicted octanol–water partition coefficient (Wildman–Crippen LogP) is 2.43. The Labute approximate surface area is 188 Å². The van der Waals surface area contributed by atoms with Gasteiger partial charge in [0.15, 0.2) is 0 Å². The quantitative estimate of drug-likeness (QED) is 0.619. The Balaban J connectivity index is 1.36. The molecular formula is C23H27N5O3S. The van der Waals surface area contributed by atoms with Crippen LogP contribution in [-0.2, 0) is 14.8 Å². The zero-order chi connectivity index (χ0) is 22.7. The van der Waals surface area contributed by atoms with Gasteiger partial charge in [0, 0.05) is 26.2 Å². The van der Waals surface area contributed by atoms with Gasteiger partial charge in [-0.25, -0.2) is 13.1 Å². The maximum absolute atomic E-state index is 12.8. The lowest BCUT2D eigenvalue weighted by Gasteiger charge is -2.33. The van der Waals surface area contributed by atoms with Crippen molar-refractivity contribution in [3.63, 3.8) is 0 Å². The average Bonchev–Trinajstić information content (AvgIpc) is 3.09. The van der Waals surface area contributed by atoms with Crippen LogP contribution in [0.1, 0.15) is 11.4 Å². The van der Waals surface area contributed by atoms with E-state index in [0.29, 0.717) is 36.8 Å². The number of para-hydroxylation sites is 1. The van der Waals surface area contributed by atoms with Crippen LogP contribution in [0.3, 0.4) is 0 Å². The van der Waals surface area contributed by atoms with Crippen LogP contribution in [0.25, 0.3) is 5.69 Å². The monoisotopic (exact) mass is 453 g/mol. The first-order chi connectivity index (χ1) is 15.4. The smallest absolute Gasteiger partial charge is 0.243 e. The minimum absolute atomic E-state index is 0.136. The van der Waals surface area contributed by atoms with E-state index >= 15 is 0 Å². The summed E-state index contributed by atoms with van der Waals surface area (Å²) in [5.41, 5.74) is 3.26. The van der Waals surface area contributed by atoms with Crippen LogP contribution in [0, 0.1) is 13.8 Å². The van der Waals surface area contributed by atoms with E-state index in [9.17, 15) is 13.2 Å². The first-order valence-corrected chi connectivity index (χ1v) is 12.0. The van der Waals surface area contributed by atoms with Crippen molar-refractivity contribution < 1.29 is 13.2 Å². The maximum atomic E-state index is 12.8. The van der Waals surface area contributed by atoms with Gasteiger partial charge in [-0.05, 0) is 38.1 Å². The molecule has 1 saturated heterocycles. The molecule has 9 heteroatoms. The molecule has 1 aliphatic rings. The highest BCUT2D eigenvalue weighted by Gasteiger charge is 2.29. The fourth-order valence-corrected chi connectivity index (χ4v) is 5.34. The maximum Gasteiger partial charge on any atom is 0.243 e. The van der Waals surface area contributed by atoms with E-state index in [1.54, 1.807) is 30.3 Å². The van der Waals surface area contributed by atoms with Crippen molar-refractivity contribution in [3.05, 3.63) is 72.1 Å². The third-order valence-electron chi connectivity index (χ3n) is 5.64. The lowest BCUT2D eigenvalue weighted by Crippen LogP contribution is -2.50. The Morgan fingerprint density at radius 1 is 0.938 bits per heavy atom. The Morgan fingerprint density at radius 2 is 1.53 bits per heavy atom. The van der Waals surface area contributed by atoms with E-state index in [1.165, 1.54) is 4.31 Å². The molecule has 2 heterocycles. The summed E-state index contributed by atoms with van der Waals surface area (Å²) in [6.45, 7) is 5.71. The van der Waals surface area contributed by atoms with Gasteiger partial charge >= 0.3 is 0 Å². The largest absolute Gasteiger partial charge is 0.322 e. The lowest BCUT2D eigenvalue weighted by atomic mass is 10.3. The van der Waals surface area contributed by atoms with Gasteiger partial charge in [-0.1, -0.05) is 36.4 Å². The number of piperazine rings is 1. The normalized spacial score (nSPS) is 15.6. The zero-order valence-electron chi connectivity index (χ0n) is 18.2. The van der Waals surface area contributed by atoms with Crippen molar-refractivity contribution >= 4 is 21.6 Å². The fourth-order valence-electron chi connectivity index (χ4n) is 3.90. The van der Waals surface area contributed by atoms with Gasteiger partial charge in [0.2, 0.25) is 15.9 Å². The standard InChI is InChI=1S/C23H27N5O3S/c1-18-23(19(2)28(25-18)20-9-5-3-6-10-20)24-22(29)17-26-13-15-27(16-14-26)32(30,31)21-11-7-4-8-12-21/h3-12H,13-17H2,1-2H3,(H,24,29). The average molecular weight is 454 g/mol. The van der Waals surface area contributed by atoms with Crippen LogP contribution in [0.15, 0.2) is 65.6 Å². The second-order valence-electron chi connectivity index (χ2n) is 7.83. The number of hydrogen-bond acceptors (Lipinski definition) is 5. The van der Waals surface area contributed by atoms with Gasteiger partial charge < -0.3 is 5.32 Å². The topological polar surface area (TPSA) is 87.5 Å². The molecule has 168 valence electrons. The molecule has 3 aromatic rings. The summed E-state index contributed by atoms with van der Waals surface area (Å²) in [5.74, 6) is -0.136. The summed E-state index contributed by atoms with van der Waals surface area (Å²) < 4.78 is 28.8. The SMILES string of the molecule is Cc1nn(-c2ccccc2)c(C)c1NC(=O)CN1CCN(S(=O)(=O)c2ccccc2)CC1. The number of carbonyl (C=O) groups is 1. The van der Waals surface area contributed by atoms with Crippen LogP contribution in [0.4, 0.5) is 5.69 Å². The zero-order valence-corrected chi connectivity index (χ0v) is 19.0. The molecule has 0 saturated carbocycles. The van der Waals surface area contributed by atoms with Gasteiger partial charge in [0.05, 0.1) is 34.2 Å². The summed E-state index contributed by atoms with van der Waals surface area (Å²) in [6, 6.07) is 18.2. The summed E-state index contributed by atoms with van der Waals surface area (Å²) in [6.07, 6.45) is 0. The number of rotatable bonds is 6. The number of anilines is 1. The predicted molar refractivity (Wildman–Crippen MR) is 123 cm³/mol. The van der Waals surface area contributed by atoms with Crippen molar-refractivity contribution in [1.29, 1.82) is 0 Å². The van der Waals surface area contributed by atoms with Crippen molar-refractivity contribution in [2.45, 2.75) is 18.7 Å². The number of hydrogen-bond donors (Lipinski definition) is 1. The Morgan fingerprint density at radius 3 is 2.16 bits per heavy atom. The van der Waals surface area contributed by atoms with Crippen LogP contribution in [-0.4, -0.2) is 66.0 Å². The highest BCUT2D eigenvalue weighted by atomic mass is 32.2. The molecule has 1 aromatic heterocycles. The highest BCUT2D eigenvalue weighted by Crippen LogP contribution is 2.23. The lowest BCUT2D eigenvalue weighted by molar-refractivity contribution is -0.117. The number of sulfonamides is 1. The fraction of sp³-hybridized carbons (Fsp3) is 0.304. The second-order valence-corrected chi connectivity index (χ2v) is 9.77. The number of aromatic nitrogens is 2. The number of nitrogens with one attached hydrogen (secondary N) is 1. The Hall–Kier alpha value is -3.01. The third-order valence-corrected chi connectivity index (χ3v) is 7.55. The van der Waals surface area contributed by atoms with Crippen LogP contribution < -0.4 is 5.32 Å². The highest BCUT2D eigenvalue weighted by molar-refractivity contribution is 7.89. The molecule has 32 heavy (non-hydrogen) atoms. The van der Waals surface area contributed by atoms with E-state index in [2.05, 4.69) is 10.4 Å². The molecule has 1 fully saturated rings. The Bertz CT molecular complexity index is 1190. The number of benzene rings is 2. The molecule has 2 aromatic carbocycles. The van der Waals surface area contributed by atoms with Crippen molar-refractivity contribution in [2.24, 2.45) is 0 Å². The third kappa shape index (κ3) is 4.59. The molecule has 0 radical (unpaired) electrons. The Kier molecular flexibility index (Phi) is 6.40. The molecule has 0 bridgehead atoms. The van der Waals surface area contributed by atoms with E-state index in [1.807, 2.05) is 53.8 Å². The molecule has 0 aliphatic carbocycles. The number of aryl methyl sites for hydroxylation is 1. The van der Waals surface area contributed by atoms with Crippen molar-refractivity contribution in [2.75, 3.05) is 38.0 Å². The molecule has 0 unspecified atom stereocenters. The van der Waals surface area contributed by atoms with E-state index in [4.69, 9.17) is 0 Å². The first-order valence-electron chi connectivity index (χ1n) is 10.6. The van der Waals surface area contributed by atoms with Crippen LogP contribution >= 0.6 is 0 Å². The number of nitrogens with zero attached hydrogens (tertiary/aromatic N) is 4. The molecule has 1 amide bonds. The molecule has 0 atom stereocenters. The van der Waals surface area contributed by atoms with Crippen molar-refractivity contribution in [3.8, 4) is 5.69 Å². The van der Waals surface area contributed by atoms with Gasteiger partial charge in [-0.3, -0.25) is 9.69 Å². The summed E-state index contributed by atoms with van der Waals surface area (Å²) in [7, 11) is -3.50. The summed E-state index contributed by atoms with van der Waals surface area (Å²) in [5, 5.41) is 7.55. The van der Waals surface area contributed by atoms with Crippen LogP contribution in [0.5, 0.6) is 0 Å². The molecule has 1 N–H and O–H groups in total. The van der Waals surface area contributed by atoms with Crippen molar-refractivity contribution in [1.82, 2.24) is 19.0 Å². The minimum atomic E-state index is -3.50. The van der Waals surface area contributed by atoms with Gasteiger partial charge in [-0.15, -0.1) is 0 Å². The molecule has 0 spiro atoms. The van der Waals surface area contributed by atoms with Gasteiger partial charge in [-0.2, -0.15) is 9.40 Å². The van der Waals surface area contributed by atoms with Gasteiger partial charge in [0.25, 0.3) is 0 Å². The van der Waals surface area contributed by atoms with Crippen LogP contribution in [0.2, 0.25) is 0 Å². The van der Waals surface area contributed by atoms with E-state index in [-0.39, 0.29) is 12.5 Å². The van der Waals surface area contributed by atoms with E-state index in [0.717, 1.165) is 17.1 Å².